The molecule has 1 amide bonds. The second-order valence-corrected chi connectivity index (χ2v) is 5.83. The van der Waals surface area contributed by atoms with Crippen LogP contribution in [-0.2, 0) is 4.74 Å². The first-order valence-electron chi connectivity index (χ1n) is 7.73. The summed E-state index contributed by atoms with van der Waals surface area (Å²) >= 11 is 0. The third kappa shape index (κ3) is 5.42. The number of amides is 1. The Morgan fingerprint density at radius 3 is 2.23 bits per heavy atom. The van der Waals surface area contributed by atoms with Gasteiger partial charge in [0.15, 0.2) is 0 Å². The normalized spacial score (nSPS) is 15.0. The van der Waals surface area contributed by atoms with Gasteiger partial charge < -0.3 is 19.6 Å². The van der Waals surface area contributed by atoms with E-state index in [-0.39, 0.29) is 11.8 Å². The van der Waals surface area contributed by atoms with E-state index in [1.54, 1.807) is 17.0 Å². The van der Waals surface area contributed by atoms with Crippen molar-refractivity contribution in [1.82, 2.24) is 9.88 Å². The van der Waals surface area contributed by atoms with E-state index in [2.05, 4.69) is 9.88 Å². The van der Waals surface area contributed by atoms with Gasteiger partial charge in [0, 0.05) is 26.2 Å². The van der Waals surface area contributed by atoms with E-state index in [1.165, 1.54) is 6.20 Å². The van der Waals surface area contributed by atoms with Crippen LogP contribution in [0, 0.1) is 0 Å². The number of hydrogen-bond donors (Lipinski definition) is 1. The van der Waals surface area contributed by atoms with Gasteiger partial charge in [-0.25, -0.2) is 9.78 Å². The number of piperazine rings is 1. The molecule has 1 aromatic heterocycles. The maximum absolute atomic E-state index is 11.9. The molecule has 124 valence electrons. The summed E-state index contributed by atoms with van der Waals surface area (Å²) in [7, 11) is 0. The lowest BCUT2D eigenvalue weighted by atomic mass is 10.2. The van der Waals surface area contributed by atoms with Gasteiger partial charge in [0.25, 0.3) is 0 Å². The standard InChI is InChI=1S/C14H21N3O3.C2H6/c1-14(2,3)20-13(19)17-8-6-16(7-9-17)12-5-4-11(18)10-15-12;1-2/h4-5,10,18H,6-9H2,1-3H3;1-2H3. The lowest BCUT2D eigenvalue weighted by Crippen LogP contribution is -2.50. The van der Waals surface area contributed by atoms with Crippen molar-refractivity contribution in [2.24, 2.45) is 0 Å². The number of rotatable bonds is 1. The molecular formula is C16H27N3O3. The van der Waals surface area contributed by atoms with E-state index in [0.29, 0.717) is 26.2 Å². The van der Waals surface area contributed by atoms with Crippen molar-refractivity contribution in [1.29, 1.82) is 0 Å². The molecular weight excluding hydrogens is 282 g/mol. The molecule has 0 bridgehead atoms. The summed E-state index contributed by atoms with van der Waals surface area (Å²) in [6.45, 7) is 12.2. The van der Waals surface area contributed by atoms with Crippen LogP contribution in [0.4, 0.5) is 10.6 Å². The van der Waals surface area contributed by atoms with Gasteiger partial charge in [-0.15, -0.1) is 0 Å². The fourth-order valence-corrected chi connectivity index (χ4v) is 2.01. The van der Waals surface area contributed by atoms with Gasteiger partial charge in [-0.05, 0) is 32.9 Å². The molecule has 1 fully saturated rings. The third-order valence-corrected chi connectivity index (χ3v) is 2.99. The Hall–Kier alpha value is -1.98. The van der Waals surface area contributed by atoms with Crippen molar-refractivity contribution >= 4 is 11.9 Å². The zero-order chi connectivity index (χ0) is 16.8. The average Bonchev–Trinajstić information content (AvgIpc) is 2.48. The van der Waals surface area contributed by atoms with E-state index in [1.807, 2.05) is 34.6 Å². The maximum Gasteiger partial charge on any atom is 0.410 e. The number of aromatic nitrogens is 1. The van der Waals surface area contributed by atoms with E-state index < -0.39 is 5.60 Å². The lowest BCUT2D eigenvalue weighted by molar-refractivity contribution is 0.0240. The molecule has 0 aromatic carbocycles. The Kier molecular flexibility index (Phi) is 6.46. The van der Waals surface area contributed by atoms with Gasteiger partial charge in [0.1, 0.15) is 17.2 Å². The average molecular weight is 309 g/mol. The molecule has 0 radical (unpaired) electrons. The maximum atomic E-state index is 11.9. The van der Waals surface area contributed by atoms with E-state index >= 15 is 0 Å². The first-order chi connectivity index (χ1) is 10.3. The van der Waals surface area contributed by atoms with Crippen LogP contribution in [0.2, 0.25) is 0 Å². The highest BCUT2D eigenvalue weighted by Crippen LogP contribution is 2.17. The van der Waals surface area contributed by atoms with Gasteiger partial charge in [-0.1, -0.05) is 13.8 Å². The van der Waals surface area contributed by atoms with Crippen molar-refractivity contribution in [3.8, 4) is 5.75 Å². The molecule has 0 aliphatic carbocycles. The first-order valence-corrected chi connectivity index (χ1v) is 7.73. The minimum absolute atomic E-state index is 0.154. The van der Waals surface area contributed by atoms with Gasteiger partial charge >= 0.3 is 6.09 Å². The molecule has 2 rings (SSSR count). The number of hydrogen-bond acceptors (Lipinski definition) is 5. The van der Waals surface area contributed by atoms with Crippen LogP contribution in [0.3, 0.4) is 0 Å². The molecule has 0 spiro atoms. The Morgan fingerprint density at radius 1 is 1.18 bits per heavy atom. The molecule has 1 N–H and O–H groups in total. The van der Waals surface area contributed by atoms with Crippen molar-refractivity contribution < 1.29 is 14.6 Å². The van der Waals surface area contributed by atoms with Crippen LogP contribution in [0.1, 0.15) is 34.6 Å². The molecule has 0 saturated carbocycles. The van der Waals surface area contributed by atoms with Gasteiger partial charge in [-0.2, -0.15) is 0 Å². The van der Waals surface area contributed by atoms with Crippen LogP contribution < -0.4 is 4.90 Å². The summed E-state index contributed by atoms with van der Waals surface area (Å²) in [5.74, 6) is 0.966. The van der Waals surface area contributed by atoms with Crippen LogP contribution in [0.5, 0.6) is 5.75 Å². The minimum Gasteiger partial charge on any atom is -0.506 e. The Labute approximate surface area is 132 Å². The SMILES string of the molecule is CC.CC(C)(C)OC(=O)N1CCN(c2ccc(O)cn2)CC1. The number of ether oxygens (including phenoxy) is 1. The topological polar surface area (TPSA) is 65.9 Å². The number of carbonyl (C=O) groups excluding carboxylic acids is 1. The van der Waals surface area contributed by atoms with Crippen LogP contribution in [0.15, 0.2) is 18.3 Å². The zero-order valence-electron chi connectivity index (χ0n) is 14.2. The largest absolute Gasteiger partial charge is 0.506 e. The van der Waals surface area contributed by atoms with E-state index in [0.717, 1.165) is 5.82 Å². The zero-order valence-corrected chi connectivity index (χ0v) is 14.2. The molecule has 6 heteroatoms. The predicted molar refractivity (Wildman–Crippen MR) is 87.3 cm³/mol. The minimum atomic E-state index is -0.466. The van der Waals surface area contributed by atoms with Crippen molar-refractivity contribution in [3.05, 3.63) is 18.3 Å². The second kappa shape index (κ2) is 7.87. The second-order valence-electron chi connectivity index (χ2n) is 5.83. The number of carbonyl (C=O) groups is 1. The Morgan fingerprint density at radius 2 is 1.77 bits per heavy atom. The highest BCUT2D eigenvalue weighted by atomic mass is 16.6. The predicted octanol–water partition coefficient (Wildman–Crippen LogP) is 2.87. The van der Waals surface area contributed by atoms with E-state index in [9.17, 15) is 9.90 Å². The summed E-state index contributed by atoms with van der Waals surface area (Å²) in [4.78, 5) is 19.9. The number of nitrogens with zero attached hydrogens (tertiary/aromatic N) is 3. The fraction of sp³-hybridized carbons (Fsp3) is 0.625. The summed E-state index contributed by atoms with van der Waals surface area (Å²) in [5, 5.41) is 9.23. The molecule has 1 saturated heterocycles. The molecule has 1 aliphatic heterocycles. The Balaban J connectivity index is 0.00000116. The summed E-state index contributed by atoms with van der Waals surface area (Å²) < 4.78 is 5.35. The van der Waals surface area contributed by atoms with Crippen LogP contribution in [-0.4, -0.2) is 52.9 Å². The molecule has 0 unspecified atom stereocenters. The molecule has 0 atom stereocenters. The highest BCUT2D eigenvalue weighted by molar-refractivity contribution is 5.68. The highest BCUT2D eigenvalue weighted by Gasteiger charge is 2.26. The summed E-state index contributed by atoms with van der Waals surface area (Å²) in [5.41, 5.74) is -0.466. The molecule has 1 aromatic rings. The molecule has 1 aliphatic rings. The lowest BCUT2D eigenvalue weighted by Gasteiger charge is -2.36. The number of pyridine rings is 1. The van der Waals surface area contributed by atoms with Crippen molar-refractivity contribution in [2.45, 2.75) is 40.2 Å². The van der Waals surface area contributed by atoms with Gasteiger partial charge in [0.2, 0.25) is 0 Å². The van der Waals surface area contributed by atoms with Crippen LogP contribution in [0.25, 0.3) is 0 Å². The number of anilines is 1. The molecule has 2 heterocycles. The van der Waals surface area contributed by atoms with Crippen molar-refractivity contribution in [3.63, 3.8) is 0 Å². The van der Waals surface area contributed by atoms with Gasteiger partial charge in [-0.3, -0.25) is 0 Å². The number of aromatic hydroxyl groups is 1. The summed E-state index contributed by atoms with van der Waals surface area (Å²) in [6.07, 6.45) is 1.16. The van der Waals surface area contributed by atoms with Gasteiger partial charge in [0.05, 0.1) is 6.20 Å². The molecule has 6 nitrogen and oxygen atoms in total. The smallest absolute Gasteiger partial charge is 0.410 e. The monoisotopic (exact) mass is 309 g/mol. The van der Waals surface area contributed by atoms with Crippen molar-refractivity contribution in [2.75, 3.05) is 31.1 Å². The summed E-state index contributed by atoms with van der Waals surface area (Å²) in [6, 6.07) is 3.39. The Bertz CT molecular complexity index is 461. The van der Waals surface area contributed by atoms with Crippen LogP contribution >= 0.6 is 0 Å². The molecule has 22 heavy (non-hydrogen) atoms. The quantitative estimate of drug-likeness (QED) is 0.864. The van der Waals surface area contributed by atoms with E-state index in [4.69, 9.17) is 4.74 Å². The fourth-order valence-electron chi connectivity index (χ4n) is 2.01. The first kappa shape index (κ1) is 18.1. The third-order valence-electron chi connectivity index (χ3n) is 2.99.